The van der Waals surface area contributed by atoms with Crippen LogP contribution in [0.2, 0.25) is 0 Å². The monoisotopic (exact) mass is 544 g/mol. The number of ether oxygens (including phenoxy) is 1. The molecular weight excluding hydrogens is 510 g/mol. The van der Waals surface area contributed by atoms with Crippen LogP contribution in [0.15, 0.2) is 0 Å². The van der Waals surface area contributed by atoms with E-state index in [2.05, 4.69) is 10.6 Å². The summed E-state index contributed by atoms with van der Waals surface area (Å²) in [7, 11) is 0. The number of rotatable bonds is 2. The summed E-state index contributed by atoms with van der Waals surface area (Å²) in [5.41, 5.74) is -0.613. The van der Waals surface area contributed by atoms with Crippen molar-refractivity contribution in [2.75, 3.05) is 0 Å². The molecule has 0 aromatic carbocycles. The molecule has 4 heterocycles. The Morgan fingerprint density at radius 2 is 1.14 bits per heavy atom. The highest BCUT2D eigenvalue weighted by Crippen LogP contribution is 2.37. The van der Waals surface area contributed by atoms with Gasteiger partial charge in [0.2, 0.25) is 0 Å². The quantitative estimate of drug-likeness (QED) is 0.462. The van der Waals surface area contributed by atoms with E-state index in [0.29, 0.717) is 25.7 Å². The van der Waals surface area contributed by atoms with Gasteiger partial charge in [0.1, 0.15) is 5.60 Å². The van der Waals surface area contributed by atoms with Crippen molar-refractivity contribution < 1.29 is 45.5 Å². The molecule has 4 saturated heterocycles. The van der Waals surface area contributed by atoms with E-state index >= 15 is 0 Å². The third kappa shape index (κ3) is 8.11. The number of alkyl halides is 6. The van der Waals surface area contributed by atoms with Crippen molar-refractivity contribution in [3.8, 4) is 0 Å². The van der Waals surface area contributed by atoms with Crippen molar-refractivity contribution in [3.63, 3.8) is 0 Å². The number of carbonyl (C=O) groups is 3. The van der Waals surface area contributed by atoms with E-state index in [1.165, 1.54) is 0 Å². The molecule has 2 unspecified atom stereocenters. The third-order valence-corrected chi connectivity index (χ3v) is 7.00. The highest BCUT2D eigenvalue weighted by atomic mass is 19.4. The van der Waals surface area contributed by atoms with Crippen LogP contribution in [0.3, 0.4) is 0 Å². The van der Waals surface area contributed by atoms with Gasteiger partial charge in [-0.1, -0.05) is 0 Å². The average Bonchev–Trinajstić information content (AvgIpc) is 3.21. The zero-order valence-corrected chi connectivity index (χ0v) is 21.0. The Kier molecular flexibility index (Phi) is 8.60. The van der Waals surface area contributed by atoms with Gasteiger partial charge in [0.15, 0.2) is 0 Å². The lowest BCUT2D eigenvalue weighted by Gasteiger charge is -2.39. The predicted molar refractivity (Wildman–Crippen MR) is 119 cm³/mol. The molecule has 8 nitrogen and oxygen atoms in total. The van der Waals surface area contributed by atoms with Gasteiger partial charge in [-0.05, 0) is 72.1 Å². The van der Waals surface area contributed by atoms with Crippen LogP contribution in [0.5, 0.6) is 0 Å². The molecule has 0 spiro atoms. The fourth-order valence-corrected chi connectivity index (χ4v) is 5.62. The molecular formula is C23H34F6N4O4. The highest BCUT2D eigenvalue weighted by molar-refractivity contribution is 5.82. The van der Waals surface area contributed by atoms with Crippen LogP contribution in [0.4, 0.5) is 31.1 Å². The Balaban J connectivity index is 0.000000220. The van der Waals surface area contributed by atoms with E-state index in [9.17, 15) is 40.7 Å². The summed E-state index contributed by atoms with van der Waals surface area (Å²) in [5, 5.41) is 7.38. The van der Waals surface area contributed by atoms with E-state index in [0.717, 1.165) is 25.7 Å². The van der Waals surface area contributed by atoms with Crippen molar-refractivity contribution in [3.05, 3.63) is 0 Å². The van der Waals surface area contributed by atoms with Crippen LogP contribution in [0.1, 0.15) is 72.1 Å². The number of fused-ring (bicyclic) bond motifs is 4. The van der Waals surface area contributed by atoms with Gasteiger partial charge in [-0.15, -0.1) is 0 Å². The zero-order valence-electron chi connectivity index (χ0n) is 21.0. The van der Waals surface area contributed by atoms with Gasteiger partial charge >= 0.3 is 30.3 Å². The SMILES string of the molecule is CC(C)(C)OC(=O)N1[C@@H]2CC[C@H]1CC(NC(=O)C(F)(F)F)C2.O=C(NC1C[C@H]2CC[C@@H](C1)N2)C(F)(F)F. The van der Waals surface area contributed by atoms with Crippen LogP contribution in [-0.2, 0) is 14.3 Å². The topological polar surface area (TPSA) is 99.8 Å². The highest BCUT2D eigenvalue weighted by Gasteiger charge is 2.47. The molecule has 3 amide bonds. The first kappa shape index (κ1) is 29.3. The fourth-order valence-electron chi connectivity index (χ4n) is 5.62. The van der Waals surface area contributed by atoms with Crippen LogP contribution < -0.4 is 16.0 Å². The normalized spacial score (nSPS) is 31.2. The maximum absolute atomic E-state index is 12.3. The second-order valence-electron chi connectivity index (χ2n) is 11.2. The smallest absolute Gasteiger partial charge is 0.444 e. The van der Waals surface area contributed by atoms with Crippen LogP contribution >= 0.6 is 0 Å². The van der Waals surface area contributed by atoms with Crippen LogP contribution in [0.25, 0.3) is 0 Å². The van der Waals surface area contributed by atoms with Crippen molar-refractivity contribution >= 4 is 17.9 Å². The first-order chi connectivity index (χ1) is 16.9. The second kappa shape index (κ2) is 10.9. The molecule has 3 N–H and O–H groups in total. The third-order valence-electron chi connectivity index (χ3n) is 7.00. The Labute approximate surface area is 211 Å². The van der Waals surface area contributed by atoms with Crippen LogP contribution in [-0.4, -0.2) is 77.0 Å². The number of hydrogen-bond acceptors (Lipinski definition) is 5. The number of carbonyl (C=O) groups excluding carboxylic acids is 3. The number of piperidine rings is 2. The van der Waals surface area contributed by atoms with Gasteiger partial charge in [-0.3, -0.25) is 9.59 Å². The molecule has 0 aliphatic carbocycles. The van der Waals surface area contributed by atoms with E-state index in [4.69, 9.17) is 4.74 Å². The van der Waals surface area contributed by atoms with E-state index in [1.807, 2.05) is 5.32 Å². The minimum Gasteiger partial charge on any atom is -0.444 e. The molecule has 4 fully saturated rings. The molecule has 4 aliphatic rings. The average molecular weight is 545 g/mol. The zero-order chi connectivity index (χ0) is 27.8. The molecule has 4 rings (SSSR count). The lowest BCUT2D eigenvalue weighted by atomic mass is 9.97. The Hall–Kier alpha value is -2.25. The molecule has 14 heteroatoms. The molecule has 0 aromatic rings. The first-order valence-corrected chi connectivity index (χ1v) is 12.4. The Morgan fingerprint density at radius 3 is 1.51 bits per heavy atom. The van der Waals surface area contributed by atoms with Gasteiger partial charge in [-0.25, -0.2) is 4.79 Å². The molecule has 212 valence electrons. The number of nitrogens with zero attached hydrogens (tertiary/aromatic N) is 1. The number of nitrogens with one attached hydrogen (secondary N) is 3. The molecule has 4 aliphatic heterocycles. The Bertz CT molecular complexity index is 834. The van der Waals surface area contributed by atoms with Crippen molar-refractivity contribution in [1.82, 2.24) is 20.9 Å². The number of amides is 3. The van der Waals surface area contributed by atoms with Gasteiger partial charge < -0.3 is 25.6 Å². The first-order valence-electron chi connectivity index (χ1n) is 12.4. The van der Waals surface area contributed by atoms with Gasteiger partial charge in [0, 0.05) is 36.3 Å². The van der Waals surface area contributed by atoms with E-state index in [1.54, 1.807) is 25.7 Å². The summed E-state index contributed by atoms with van der Waals surface area (Å²) in [4.78, 5) is 35.6. The molecule has 0 saturated carbocycles. The fraction of sp³-hybridized carbons (Fsp3) is 0.870. The summed E-state index contributed by atoms with van der Waals surface area (Å²) in [6.07, 6.45) is -4.73. The van der Waals surface area contributed by atoms with Gasteiger partial charge in [0.05, 0.1) is 0 Å². The van der Waals surface area contributed by atoms with Crippen molar-refractivity contribution in [2.24, 2.45) is 0 Å². The number of hydrogen-bond donors (Lipinski definition) is 3. The standard InChI is InChI=1S/C14H21F3N2O3.C9H13F3N2O/c1-13(2,3)22-12(21)19-9-4-5-10(19)7-8(6-9)18-11(20)14(15,16)17;10-9(11,12)8(15)14-7-3-5-1-2-6(4-7)13-5/h8-10H,4-7H2,1-3H3,(H,18,20);5-7,13H,1-4H2,(H,14,15)/t8?,9-,10+;5-,6+,7?. The maximum Gasteiger partial charge on any atom is 0.471 e. The molecule has 0 radical (unpaired) electrons. The van der Waals surface area contributed by atoms with Crippen molar-refractivity contribution in [1.29, 1.82) is 0 Å². The minimum atomic E-state index is -4.87. The van der Waals surface area contributed by atoms with Gasteiger partial charge in [-0.2, -0.15) is 26.3 Å². The summed E-state index contributed by atoms with van der Waals surface area (Å²) in [5.74, 6) is -3.73. The Morgan fingerprint density at radius 1 is 0.730 bits per heavy atom. The summed E-state index contributed by atoms with van der Waals surface area (Å²) >= 11 is 0. The lowest BCUT2D eigenvalue weighted by Crippen LogP contribution is -2.54. The predicted octanol–water partition coefficient (Wildman–Crippen LogP) is 3.54. The lowest BCUT2D eigenvalue weighted by molar-refractivity contribution is -0.174. The molecule has 6 atom stereocenters. The van der Waals surface area contributed by atoms with Gasteiger partial charge in [0.25, 0.3) is 0 Å². The molecule has 37 heavy (non-hydrogen) atoms. The van der Waals surface area contributed by atoms with Crippen molar-refractivity contribution in [2.45, 2.75) is 126 Å². The largest absolute Gasteiger partial charge is 0.471 e. The molecule has 4 bridgehead atoms. The van der Waals surface area contributed by atoms with Crippen LogP contribution in [0, 0.1) is 0 Å². The second-order valence-corrected chi connectivity index (χ2v) is 11.2. The van der Waals surface area contributed by atoms with E-state index in [-0.39, 0.29) is 30.2 Å². The number of halogens is 6. The molecule has 0 aromatic heterocycles. The summed E-state index contributed by atoms with van der Waals surface area (Å²) in [6, 6.07) is -0.660. The maximum atomic E-state index is 12.3. The summed E-state index contributed by atoms with van der Waals surface area (Å²) < 4.78 is 78.2. The van der Waals surface area contributed by atoms with E-state index < -0.39 is 41.9 Å². The summed E-state index contributed by atoms with van der Waals surface area (Å²) in [6.45, 7) is 5.30. The minimum absolute atomic E-state index is 0.174.